The molecule has 5 rings (SSSR count). The van der Waals surface area contributed by atoms with Crippen LogP contribution in [0, 0.1) is 43.5 Å². The molecule has 0 atom stereocenters. The molecule has 5 aromatic rings. The Hall–Kier alpha value is -4.76. The van der Waals surface area contributed by atoms with Gasteiger partial charge in [0.15, 0.2) is 5.82 Å². The van der Waals surface area contributed by atoms with Gasteiger partial charge < -0.3 is 5.32 Å². The normalized spacial score (nSPS) is 10.7. The fourth-order valence-corrected chi connectivity index (χ4v) is 3.59. The molecule has 0 fully saturated rings. The predicted octanol–water partition coefficient (Wildman–Crippen LogP) is 6.68. The molecule has 0 aliphatic carbocycles. The van der Waals surface area contributed by atoms with Gasteiger partial charge in [-0.1, -0.05) is 23.2 Å². The van der Waals surface area contributed by atoms with Crippen LogP contribution in [-0.2, 0) is 0 Å². The molecule has 0 saturated heterocycles. The quantitative estimate of drug-likeness (QED) is 0.0805. The van der Waals surface area contributed by atoms with Gasteiger partial charge in [0.05, 0.1) is 32.0 Å². The summed E-state index contributed by atoms with van der Waals surface area (Å²) in [6.07, 6.45) is 2.23. The summed E-state index contributed by atoms with van der Waals surface area (Å²) in [4.78, 5) is 34.6. The predicted molar refractivity (Wildman–Crippen MR) is 132 cm³/mol. The van der Waals surface area contributed by atoms with E-state index in [-0.39, 0.29) is 38.5 Å². The van der Waals surface area contributed by atoms with Gasteiger partial charge in [-0.2, -0.15) is 8.78 Å². The molecule has 11 nitrogen and oxygen atoms in total. The van der Waals surface area contributed by atoms with E-state index in [9.17, 15) is 37.8 Å². The van der Waals surface area contributed by atoms with Gasteiger partial charge in [0.1, 0.15) is 34.5 Å². The van der Waals surface area contributed by atoms with Crippen LogP contribution in [-0.4, -0.2) is 29.8 Å². The van der Waals surface area contributed by atoms with Crippen molar-refractivity contribution in [3.63, 3.8) is 0 Å². The minimum absolute atomic E-state index is 0.0234. The summed E-state index contributed by atoms with van der Waals surface area (Å²) in [5.41, 5.74) is -1.31. The smallest absolute Gasteiger partial charge is 0.305 e. The molecule has 0 amide bonds. The number of fused-ring (bicyclic) bond motifs is 2. The highest BCUT2D eigenvalue weighted by atomic mass is 35.5. The van der Waals surface area contributed by atoms with Crippen molar-refractivity contribution in [3.8, 4) is 0 Å². The number of nitrogens with zero attached hydrogens (tertiary/aromatic N) is 6. The molecule has 39 heavy (non-hydrogen) atoms. The number of hydrogen-bond donors (Lipinski definition) is 1. The molecule has 2 heterocycles. The fourth-order valence-electron chi connectivity index (χ4n) is 3.23. The number of nitro groups is 2. The Bertz CT molecular complexity index is 1800. The van der Waals surface area contributed by atoms with E-state index in [0.29, 0.717) is 0 Å². The summed E-state index contributed by atoms with van der Waals surface area (Å²) < 4.78 is 54.0. The monoisotopic (exact) mass is 581 g/mol. The van der Waals surface area contributed by atoms with Crippen molar-refractivity contribution in [2.45, 2.75) is 0 Å². The van der Waals surface area contributed by atoms with Crippen LogP contribution < -0.4 is 5.32 Å². The van der Waals surface area contributed by atoms with Crippen LogP contribution in [0.4, 0.5) is 40.4 Å². The second kappa shape index (κ2) is 10.9. The maximum absolute atomic E-state index is 14.0. The zero-order valence-corrected chi connectivity index (χ0v) is 20.2. The number of benzene rings is 3. The van der Waals surface area contributed by atoms with E-state index in [0.717, 1.165) is 49.1 Å². The van der Waals surface area contributed by atoms with E-state index in [1.807, 2.05) is 0 Å². The van der Waals surface area contributed by atoms with Crippen molar-refractivity contribution in [2.75, 3.05) is 5.32 Å². The summed E-state index contributed by atoms with van der Waals surface area (Å²) in [7, 11) is 0. The molecule has 1 N–H and O–H groups in total. The first kappa shape index (κ1) is 27.3. The number of nitrogens with one attached hydrogen (secondary N) is 1. The molecular formula is C22H9Cl2F4N7O4. The molecule has 17 heteroatoms. The van der Waals surface area contributed by atoms with Crippen LogP contribution in [0.3, 0.4) is 0 Å². The zero-order chi connectivity index (χ0) is 28.4. The Kier molecular flexibility index (Phi) is 7.64. The summed E-state index contributed by atoms with van der Waals surface area (Å²) in [5.74, 6) is -4.02. The van der Waals surface area contributed by atoms with E-state index in [2.05, 4.69) is 25.3 Å². The van der Waals surface area contributed by atoms with Crippen molar-refractivity contribution in [1.82, 2.24) is 19.9 Å². The largest absolute Gasteiger partial charge is 0.337 e. The minimum atomic E-state index is -1.06. The van der Waals surface area contributed by atoms with Crippen molar-refractivity contribution < 1.29 is 27.4 Å². The van der Waals surface area contributed by atoms with Gasteiger partial charge in [-0.05, 0) is 12.1 Å². The van der Waals surface area contributed by atoms with E-state index < -0.39 is 49.5 Å². The van der Waals surface area contributed by atoms with Crippen LogP contribution in [0.2, 0.25) is 10.2 Å². The lowest BCUT2D eigenvalue weighted by molar-refractivity contribution is -0.387. The molecule has 2 aromatic heterocycles. The van der Waals surface area contributed by atoms with Gasteiger partial charge in [0.25, 0.3) is 0 Å². The molecule has 198 valence electrons. The van der Waals surface area contributed by atoms with Gasteiger partial charge in [-0.3, -0.25) is 20.2 Å². The van der Waals surface area contributed by atoms with Gasteiger partial charge >= 0.3 is 11.4 Å². The molecule has 3 aromatic carbocycles. The highest BCUT2D eigenvalue weighted by Crippen LogP contribution is 2.32. The number of halogens is 6. The van der Waals surface area contributed by atoms with Crippen molar-refractivity contribution in [3.05, 3.63) is 103 Å². The average Bonchev–Trinajstić information content (AvgIpc) is 2.88. The molecule has 0 aliphatic rings. The topological polar surface area (TPSA) is 150 Å². The van der Waals surface area contributed by atoms with Crippen LogP contribution in [0.25, 0.3) is 21.8 Å². The van der Waals surface area contributed by atoms with E-state index >= 15 is 0 Å². The summed E-state index contributed by atoms with van der Waals surface area (Å²) in [6, 6.07) is 5.81. The molecule has 0 bridgehead atoms. The first-order valence-corrected chi connectivity index (χ1v) is 11.0. The Balaban J connectivity index is 0.000000202. The minimum Gasteiger partial charge on any atom is -0.337 e. The third-order valence-corrected chi connectivity index (χ3v) is 5.69. The fraction of sp³-hybridized carbons (Fsp3) is 0. The highest BCUT2D eigenvalue weighted by molar-refractivity contribution is 6.34. The average molecular weight is 582 g/mol. The van der Waals surface area contributed by atoms with Crippen molar-refractivity contribution >= 4 is 67.9 Å². The zero-order valence-electron chi connectivity index (χ0n) is 18.7. The van der Waals surface area contributed by atoms with E-state index in [4.69, 9.17) is 23.2 Å². The summed E-state index contributed by atoms with van der Waals surface area (Å²) >= 11 is 11.2. The third kappa shape index (κ3) is 5.58. The first-order valence-electron chi connectivity index (χ1n) is 10.2. The Morgan fingerprint density at radius 2 is 1.26 bits per heavy atom. The highest BCUT2D eigenvalue weighted by Gasteiger charge is 2.19. The standard InChI is InChI=1S/C14H6ClF3N4O2.C8H3ClFN3O2/c15-12-7(16)1-2-9(13(12)18)21-14-6-3-11(22(23)24)8(17)4-10(6)19-5-20-14;9-8-4-1-7(13(14)15)5(10)2-6(4)11-3-12-8/h1-5H,(H,19,20,21);1-3H. The lowest BCUT2D eigenvalue weighted by atomic mass is 10.2. The molecule has 0 aliphatic heterocycles. The molecule has 0 unspecified atom stereocenters. The molecule has 0 radical (unpaired) electrons. The van der Waals surface area contributed by atoms with Crippen LogP contribution in [0.15, 0.2) is 49.1 Å². The number of nitro benzene ring substituents is 2. The maximum atomic E-state index is 14.0. The number of rotatable bonds is 4. The Labute approximate surface area is 223 Å². The lowest BCUT2D eigenvalue weighted by Gasteiger charge is -2.10. The second-order valence-corrected chi connectivity index (χ2v) is 8.13. The molecule has 0 spiro atoms. The summed E-state index contributed by atoms with van der Waals surface area (Å²) in [5, 5.41) is 23.6. The number of aromatic nitrogens is 4. The van der Waals surface area contributed by atoms with E-state index in [1.165, 1.54) is 0 Å². The SMILES string of the molecule is O=[N+]([O-])c1cc2c(Cl)ncnc2cc1F.O=[N+]([O-])c1cc2c(Nc3ccc(F)c(Cl)c3F)ncnc2cc1F. The molecule has 0 saturated carbocycles. The molecular weight excluding hydrogens is 573 g/mol. The first-order chi connectivity index (χ1) is 18.5. The van der Waals surface area contributed by atoms with Gasteiger partial charge in [0.2, 0.25) is 11.6 Å². The van der Waals surface area contributed by atoms with Crippen LogP contribution in [0.1, 0.15) is 0 Å². The summed E-state index contributed by atoms with van der Waals surface area (Å²) in [6.45, 7) is 0. The van der Waals surface area contributed by atoms with E-state index in [1.54, 1.807) is 0 Å². The van der Waals surface area contributed by atoms with Crippen LogP contribution in [0.5, 0.6) is 0 Å². The van der Waals surface area contributed by atoms with Crippen molar-refractivity contribution in [2.24, 2.45) is 0 Å². The van der Waals surface area contributed by atoms with Crippen molar-refractivity contribution in [1.29, 1.82) is 0 Å². The Morgan fingerprint density at radius 1 is 0.718 bits per heavy atom. The maximum Gasteiger partial charge on any atom is 0.305 e. The second-order valence-electron chi connectivity index (χ2n) is 7.39. The van der Waals surface area contributed by atoms with Gasteiger partial charge in [0, 0.05) is 29.7 Å². The van der Waals surface area contributed by atoms with Crippen LogP contribution >= 0.6 is 23.2 Å². The number of hydrogen-bond acceptors (Lipinski definition) is 9. The number of anilines is 2. The van der Waals surface area contributed by atoms with Gasteiger partial charge in [-0.25, -0.2) is 28.7 Å². The lowest BCUT2D eigenvalue weighted by Crippen LogP contribution is -2.01. The Morgan fingerprint density at radius 3 is 1.85 bits per heavy atom. The van der Waals surface area contributed by atoms with Gasteiger partial charge in [-0.15, -0.1) is 0 Å². The third-order valence-electron chi connectivity index (χ3n) is 5.04.